The van der Waals surface area contributed by atoms with Gasteiger partial charge in [0, 0.05) is 4.47 Å². The normalized spacial score (nSPS) is 11.6. The number of hydrogen-bond acceptors (Lipinski definition) is 5. The van der Waals surface area contributed by atoms with E-state index in [9.17, 15) is 0 Å². The van der Waals surface area contributed by atoms with Crippen molar-refractivity contribution in [1.29, 1.82) is 0 Å². The van der Waals surface area contributed by atoms with E-state index in [0.29, 0.717) is 11.7 Å². The van der Waals surface area contributed by atoms with Crippen LogP contribution in [-0.4, -0.2) is 10.1 Å². The van der Waals surface area contributed by atoms with Gasteiger partial charge >= 0.3 is 0 Å². The van der Waals surface area contributed by atoms with E-state index < -0.39 is 5.54 Å². The topological polar surface area (TPSA) is 74.2 Å². The molecule has 2 N–H and O–H groups in total. The monoisotopic (exact) mass is 325 g/mol. The molecule has 0 unspecified atom stereocenters. The predicted molar refractivity (Wildman–Crippen MR) is 74.7 cm³/mol. The Bertz CT molecular complexity index is 576. The number of benzene rings is 1. The molecule has 2 aromatic rings. The summed E-state index contributed by atoms with van der Waals surface area (Å²) in [6.45, 7) is 5.84. The third-order valence-electron chi connectivity index (χ3n) is 2.53. The lowest BCUT2D eigenvalue weighted by Gasteiger charge is -2.11. The molecular formula is C13H16BrN3O2. The van der Waals surface area contributed by atoms with Crippen LogP contribution in [0.4, 0.5) is 0 Å². The molecule has 0 bridgehead atoms. The minimum Gasteiger partial charge on any atom is -0.483 e. The first-order chi connectivity index (χ1) is 8.86. The van der Waals surface area contributed by atoms with Gasteiger partial charge in [-0.1, -0.05) is 21.1 Å². The van der Waals surface area contributed by atoms with Gasteiger partial charge in [-0.05, 0) is 44.5 Å². The molecule has 5 nitrogen and oxygen atoms in total. The maximum absolute atomic E-state index is 5.89. The van der Waals surface area contributed by atoms with Crippen molar-refractivity contribution in [3.05, 3.63) is 40.0 Å². The van der Waals surface area contributed by atoms with Crippen LogP contribution in [-0.2, 0) is 12.1 Å². The van der Waals surface area contributed by atoms with Gasteiger partial charge in [-0.2, -0.15) is 4.98 Å². The predicted octanol–water partition coefficient (Wildman–Crippen LogP) is 2.91. The van der Waals surface area contributed by atoms with E-state index in [1.807, 2.05) is 39.0 Å². The van der Waals surface area contributed by atoms with Crippen LogP contribution in [0.3, 0.4) is 0 Å². The first-order valence-electron chi connectivity index (χ1n) is 5.87. The Hall–Kier alpha value is -1.40. The lowest BCUT2D eigenvalue weighted by molar-refractivity contribution is 0.240. The number of aromatic nitrogens is 2. The van der Waals surface area contributed by atoms with E-state index in [4.69, 9.17) is 15.0 Å². The zero-order chi connectivity index (χ0) is 14.0. The molecular weight excluding hydrogens is 310 g/mol. The largest absolute Gasteiger partial charge is 0.483 e. The van der Waals surface area contributed by atoms with Crippen molar-refractivity contribution in [2.45, 2.75) is 32.9 Å². The van der Waals surface area contributed by atoms with Crippen LogP contribution in [0.5, 0.6) is 5.75 Å². The Kier molecular flexibility index (Phi) is 3.91. The van der Waals surface area contributed by atoms with Gasteiger partial charge < -0.3 is 15.0 Å². The molecule has 2 rings (SSSR count). The minimum absolute atomic E-state index is 0.228. The number of ether oxygens (including phenoxy) is 1. The molecule has 1 heterocycles. The second kappa shape index (κ2) is 5.30. The van der Waals surface area contributed by atoms with Crippen LogP contribution in [0.2, 0.25) is 0 Å². The van der Waals surface area contributed by atoms with Gasteiger partial charge in [0.25, 0.3) is 5.89 Å². The fourth-order valence-electron chi connectivity index (χ4n) is 1.49. The zero-order valence-electron chi connectivity index (χ0n) is 11.1. The van der Waals surface area contributed by atoms with E-state index in [0.717, 1.165) is 15.8 Å². The highest BCUT2D eigenvalue weighted by Gasteiger charge is 2.21. The van der Waals surface area contributed by atoms with Gasteiger partial charge in [0.2, 0.25) is 0 Å². The van der Waals surface area contributed by atoms with Crippen molar-refractivity contribution >= 4 is 15.9 Å². The Balaban J connectivity index is 2.04. The molecule has 0 spiro atoms. The fraction of sp³-hybridized carbons (Fsp3) is 0.385. The van der Waals surface area contributed by atoms with Crippen molar-refractivity contribution in [1.82, 2.24) is 10.1 Å². The van der Waals surface area contributed by atoms with E-state index in [1.54, 1.807) is 0 Å². The van der Waals surface area contributed by atoms with E-state index >= 15 is 0 Å². The molecule has 0 aliphatic heterocycles. The molecule has 1 aromatic heterocycles. The summed E-state index contributed by atoms with van der Waals surface area (Å²) in [5, 5.41) is 3.84. The summed E-state index contributed by atoms with van der Waals surface area (Å²) < 4.78 is 11.8. The minimum atomic E-state index is -0.616. The van der Waals surface area contributed by atoms with E-state index in [1.165, 1.54) is 0 Å². The summed E-state index contributed by atoms with van der Waals surface area (Å²) in [5.41, 5.74) is 6.31. The molecule has 0 amide bonds. The molecule has 0 atom stereocenters. The molecule has 102 valence electrons. The highest BCUT2D eigenvalue weighted by atomic mass is 79.9. The molecule has 0 saturated carbocycles. The third-order valence-corrected chi connectivity index (χ3v) is 3.03. The van der Waals surface area contributed by atoms with E-state index in [2.05, 4.69) is 26.1 Å². The molecule has 0 aliphatic rings. The zero-order valence-corrected chi connectivity index (χ0v) is 12.7. The SMILES string of the molecule is Cc1cc(Br)ccc1OCc1nc(C(C)(C)N)no1. The number of rotatable bonds is 4. The third kappa shape index (κ3) is 3.54. The van der Waals surface area contributed by atoms with Gasteiger partial charge in [0.1, 0.15) is 5.75 Å². The van der Waals surface area contributed by atoms with Gasteiger partial charge in [-0.15, -0.1) is 0 Å². The van der Waals surface area contributed by atoms with Gasteiger partial charge in [0.15, 0.2) is 12.4 Å². The van der Waals surface area contributed by atoms with Crippen molar-refractivity contribution in [2.24, 2.45) is 5.73 Å². The number of nitrogens with two attached hydrogens (primary N) is 1. The van der Waals surface area contributed by atoms with Gasteiger partial charge in [-0.25, -0.2) is 0 Å². The number of hydrogen-bond donors (Lipinski definition) is 1. The fourth-order valence-corrected chi connectivity index (χ4v) is 1.97. The van der Waals surface area contributed by atoms with Crippen molar-refractivity contribution < 1.29 is 9.26 Å². The smallest absolute Gasteiger partial charge is 0.264 e. The molecule has 0 aliphatic carbocycles. The Morgan fingerprint density at radius 3 is 2.74 bits per heavy atom. The summed E-state index contributed by atoms with van der Waals surface area (Å²) in [6, 6.07) is 5.80. The number of nitrogens with zero attached hydrogens (tertiary/aromatic N) is 2. The van der Waals surface area contributed by atoms with Crippen LogP contribution in [0.15, 0.2) is 27.2 Å². The number of aryl methyl sites for hydroxylation is 1. The summed E-state index contributed by atoms with van der Waals surface area (Å²) in [5.74, 6) is 1.67. The van der Waals surface area contributed by atoms with Crippen molar-refractivity contribution in [3.8, 4) is 5.75 Å². The van der Waals surface area contributed by atoms with Crippen LogP contribution in [0.1, 0.15) is 31.1 Å². The standard InChI is InChI=1S/C13H16BrN3O2/c1-8-6-9(14)4-5-10(8)18-7-11-16-12(17-19-11)13(2,3)15/h4-6H,7,15H2,1-3H3. The van der Waals surface area contributed by atoms with Crippen molar-refractivity contribution in [3.63, 3.8) is 0 Å². The Morgan fingerprint density at radius 1 is 1.42 bits per heavy atom. The summed E-state index contributed by atoms with van der Waals surface area (Å²) >= 11 is 3.41. The molecule has 6 heteroatoms. The highest BCUT2D eigenvalue weighted by molar-refractivity contribution is 9.10. The molecule has 0 radical (unpaired) electrons. The average Bonchev–Trinajstić information content (AvgIpc) is 2.76. The lowest BCUT2D eigenvalue weighted by atomic mass is 10.1. The van der Waals surface area contributed by atoms with Crippen LogP contribution in [0.25, 0.3) is 0 Å². The molecule has 0 saturated heterocycles. The summed E-state index contributed by atoms with van der Waals surface area (Å²) in [6.07, 6.45) is 0. The first-order valence-corrected chi connectivity index (χ1v) is 6.66. The van der Waals surface area contributed by atoms with Gasteiger partial charge in [-0.3, -0.25) is 0 Å². The maximum Gasteiger partial charge on any atom is 0.264 e. The molecule has 19 heavy (non-hydrogen) atoms. The van der Waals surface area contributed by atoms with E-state index in [-0.39, 0.29) is 6.61 Å². The summed E-state index contributed by atoms with van der Waals surface area (Å²) in [4.78, 5) is 4.21. The first kappa shape index (κ1) is 14.0. The Morgan fingerprint density at radius 2 is 2.16 bits per heavy atom. The lowest BCUT2D eigenvalue weighted by Crippen LogP contribution is -2.30. The second-order valence-electron chi connectivity index (χ2n) is 4.93. The highest BCUT2D eigenvalue weighted by Crippen LogP contribution is 2.23. The second-order valence-corrected chi connectivity index (χ2v) is 5.85. The van der Waals surface area contributed by atoms with Crippen LogP contribution >= 0.6 is 15.9 Å². The number of halogens is 1. The van der Waals surface area contributed by atoms with Crippen LogP contribution in [0, 0.1) is 6.92 Å². The van der Waals surface area contributed by atoms with Gasteiger partial charge in [0.05, 0.1) is 5.54 Å². The molecule has 1 aromatic carbocycles. The molecule has 0 fully saturated rings. The quantitative estimate of drug-likeness (QED) is 0.935. The summed E-state index contributed by atoms with van der Waals surface area (Å²) in [7, 11) is 0. The average molecular weight is 326 g/mol. The van der Waals surface area contributed by atoms with Crippen LogP contribution < -0.4 is 10.5 Å². The Labute approximate surface area is 120 Å². The maximum atomic E-state index is 5.89. The van der Waals surface area contributed by atoms with Crippen molar-refractivity contribution in [2.75, 3.05) is 0 Å².